The van der Waals surface area contributed by atoms with Crippen LogP contribution < -0.4 is 5.32 Å². The van der Waals surface area contributed by atoms with Gasteiger partial charge in [-0.15, -0.1) is 0 Å². The van der Waals surface area contributed by atoms with Crippen LogP contribution in [0, 0.1) is 10.1 Å². The first-order chi connectivity index (χ1) is 9.08. The Morgan fingerprint density at radius 2 is 1.95 bits per heavy atom. The first-order valence-electron chi connectivity index (χ1n) is 5.28. The molecule has 0 aliphatic rings. The molecule has 2 rings (SSSR count). The van der Waals surface area contributed by atoms with Gasteiger partial charge in [-0.3, -0.25) is 10.1 Å². The van der Waals surface area contributed by atoms with Crippen LogP contribution in [0.3, 0.4) is 0 Å². The van der Waals surface area contributed by atoms with Crippen LogP contribution in [0.15, 0.2) is 42.6 Å². The van der Waals surface area contributed by atoms with Crippen molar-refractivity contribution >= 4 is 23.2 Å². The predicted octanol–water partition coefficient (Wildman–Crippen LogP) is 2.43. The van der Waals surface area contributed by atoms with Gasteiger partial charge in [-0.25, -0.2) is 9.78 Å². The molecule has 1 aromatic heterocycles. The van der Waals surface area contributed by atoms with Gasteiger partial charge in [0.1, 0.15) is 11.4 Å². The van der Waals surface area contributed by atoms with E-state index in [1.165, 1.54) is 42.6 Å². The molecule has 1 aromatic carbocycles. The maximum atomic E-state index is 11.0. The topological polar surface area (TPSA) is 105 Å². The highest BCUT2D eigenvalue weighted by Gasteiger charge is 2.11. The summed E-state index contributed by atoms with van der Waals surface area (Å²) in [6, 6.07) is 8.56. The lowest BCUT2D eigenvalue weighted by Crippen LogP contribution is -2.04. The van der Waals surface area contributed by atoms with Gasteiger partial charge in [0.05, 0.1) is 4.92 Å². The third kappa shape index (κ3) is 2.83. The Hall–Kier alpha value is -2.96. The first-order valence-corrected chi connectivity index (χ1v) is 5.28. The highest BCUT2D eigenvalue weighted by molar-refractivity contribution is 5.93. The minimum absolute atomic E-state index is 0.0286. The summed E-state index contributed by atoms with van der Waals surface area (Å²) in [5, 5.41) is 22.3. The van der Waals surface area contributed by atoms with E-state index in [9.17, 15) is 14.9 Å². The molecule has 96 valence electrons. The van der Waals surface area contributed by atoms with E-state index in [-0.39, 0.29) is 17.1 Å². The number of nitrogens with zero attached hydrogens (tertiary/aromatic N) is 2. The zero-order valence-corrected chi connectivity index (χ0v) is 9.61. The van der Waals surface area contributed by atoms with E-state index in [1.807, 2.05) is 0 Å². The molecule has 2 aromatic rings. The molecule has 0 atom stereocenters. The first kappa shape index (κ1) is 12.5. The number of benzene rings is 1. The van der Waals surface area contributed by atoms with E-state index in [1.54, 1.807) is 0 Å². The molecule has 0 unspecified atom stereocenters. The molecule has 0 fully saturated rings. The van der Waals surface area contributed by atoms with Crippen molar-refractivity contribution in [2.45, 2.75) is 0 Å². The fourth-order valence-corrected chi connectivity index (χ4v) is 1.48. The summed E-state index contributed by atoms with van der Waals surface area (Å²) in [5.74, 6) is -0.915. The third-order valence-electron chi connectivity index (χ3n) is 2.38. The van der Waals surface area contributed by atoms with Crippen molar-refractivity contribution in [1.29, 1.82) is 0 Å². The Labute approximate surface area is 107 Å². The summed E-state index contributed by atoms with van der Waals surface area (Å²) in [4.78, 5) is 24.9. The van der Waals surface area contributed by atoms with Crippen molar-refractivity contribution in [3.63, 3.8) is 0 Å². The number of anilines is 2. The zero-order valence-electron chi connectivity index (χ0n) is 9.61. The maximum absolute atomic E-state index is 11.0. The van der Waals surface area contributed by atoms with E-state index in [0.717, 1.165) is 0 Å². The number of nitrogens with one attached hydrogen (secondary N) is 1. The zero-order chi connectivity index (χ0) is 13.8. The van der Waals surface area contributed by atoms with Crippen molar-refractivity contribution in [3.8, 4) is 0 Å². The van der Waals surface area contributed by atoms with Crippen molar-refractivity contribution in [3.05, 3.63) is 58.3 Å². The second kappa shape index (κ2) is 5.13. The lowest BCUT2D eigenvalue weighted by Gasteiger charge is -2.07. The van der Waals surface area contributed by atoms with Gasteiger partial charge in [0, 0.05) is 24.0 Å². The lowest BCUT2D eigenvalue weighted by molar-refractivity contribution is -0.384. The fourth-order valence-electron chi connectivity index (χ4n) is 1.48. The molecule has 0 amide bonds. The molecule has 7 nitrogen and oxygen atoms in total. The minimum Gasteiger partial charge on any atom is -0.478 e. The van der Waals surface area contributed by atoms with Crippen LogP contribution in [0.2, 0.25) is 0 Å². The monoisotopic (exact) mass is 259 g/mol. The number of nitro groups is 1. The number of carboxylic acid groups (broad SMARTS) is 1. The smallest absolute Gasteiger partial charge is 0.339 e. The van der Waals surface area contributed by atoms with E-state index >= 15 is 0 Å². The van der Waals surface area contributed by atoms with Crippen molar-refractivity contribution in [1.82, 2.24) is 4.98 Å². The number of rotatable bonds is 4. The third-order valence-corrected chi connectivity index (χ3v) is 2.38. The molecule has 7 heteroatoms. The van der Waals surface area contributed by atoms with Gasteiger partial charge in [-0.1, -0.05) is 0 Å². The molecule has 2 N–H and O–H groups in total. The predicted molar refractivity (Wildman–Crippen MR) is 67.6 cm³/mol. The van der Waals surface area contributed by atoms with E-state index in [0.29, 0.717) is 5.69 Å². The molecule has 0 saturated heterocycles. The second-order valence-corrected chi connectivity index (χ2v) is 3.63. The molecule has 0 saturated carbocycles. The molecule has 19 heavy (non-hydrogen) atoms. The standard InChI is InChI=1S/C12H9N3O4/c16-12(17)10-2-1-7-13-11(10)14-8-3-5-9(6-4-8)15(18)19/h1-7H,(H,13,14)(H,16,17). The Kier molecular flexibility index (Phi) is 3.37. The van der Waals surface area contributed by atoms with Gasteiger partial charge >= 0.3 is 5.97 Å². The van der Waals surface area contributed by atoms with Crippen LogP contribution in [-0.4, -0.2) is 21.0 Å². The number of aromatic carboxylic acids is 1. The molecule has 0 radical (unpaired) electrons. The number of aromatic nitrogens is 1. The maximum Gasteiger partial charge on any atom is 0.339 e. The quantitative estimate of drug-likeness (QED) is 0.645. The van der Waals surface area contributed by atoms with Crippen LogP contribution in [-0.2, 0) is 0 Å². The lowest BCUT2D eigenvalue weighted by atomic mass is 10.2. The van der Waals surface area contributed by atoms with E-state index in [4.69, 9.17) is 5.11 Å². The molecule has 0 bridgehead atoms. The highest BCUT2D eigenvalue weighted by Crippen LogP contribution is 2.21. The van der Waals surface area contributed by atoms with Gasteiger partial charge < -0.3 is 10.4 Å². The number of hydrogen-bond acceptors (Lipinski definition) is 5. The highest BCUT2D eigenvalue weighted by atomic mass is 16.6. The number of nitro benzene ring substituents is 1. The van der Waals surface area contributed by atoms with Crippen molar-refractivity contribution < 1.29 is 14.8 Å². The van der Waals surface area contributed by atoms with Gasteiger partial charge in [-0.2, -0.15) is 0 Å². The normalized spacial score (nSPS) is 9.89. The summed E-state index contributed by atoms with van der Waals surface area (Å²) in [7, 11) is 0. The van der Waals surface area contributed by atoms with Crippen LogP contribution in [0.5, 0.6) is 0 Å². The molecule has 0 aliphatic carbocycles. The van der Waals surface area contributed by atoms with Gasteiger partial charge in [-0.05, 0) is 24.3 Å². The molecular formula is C12H9N3O4. The Morgan fingerprint density at radius 1 is 1.26 bits per heavy atom. The SMILES string of the molecule is O=C(O)c1cccnc1Nc1ccc([N+](=O)[O-])cc1. The summed E-state index contributed by atoms with van der Waals surface area (Å²) < 4.78 is 0. The Balaban J connectivity index is 2.26. The number of non-ortho nitro benzene ring substituents is 1. The van der Waals surface area contributed by atoms with Gasteiger partial charge in [0.15, 0.2) is 0 Å². The summed E-state index contributed by atoms with van der Waals surface area (Å²) in [6.45, 7) is 0. The van der Waals surface area contributed by atoms with Crippen LogP contribution in [0.4, 0.5) is 17.2 Å². The Morgan fingerprint density at radius 3 is 2.53 bits per heavy atom. The van der Waals surface area contributed by atoms with Crippen molar-refractivity contribution in [2.75, 3.05) is 5.32 Å². The summed E-state index contributed by atoms with van der Waals surface area (Å²) in [6.07, 6.45) is 1.46. The van der Waals surface area contributed by atoms with E-state index < -0.39 is 10.9 Å². The van der Waals surface area contributed by atoms with Crippen LogP contribution >= 0.6 is 0 Å². The van der Waals surface area contributed by atoms with Gasteiger partial charge in [0.25, 0.3) is 5.69 Å². The molecule has 1 heterocycles. The minimum atomic E-state index is -1.10. The Bertz CT molecular complexity index is 625. The average Bonchev–Trinajstić information content (AvgIpc) is 2.39. The van der Waals surface area contributed by atoms with Crippen molar-refractivity contribution in [2.24, 2.45) is 0 Å². The fraction of sp³-hybridized carbons (Fsp3) is 0. The molecular weight excluding hydrogens is 250 g/mol. The number of hydrogen-bond donors (Lipinski definition) is 2. The number of carboxylic acids is 1. The second-order valence-electron chi connectivity index (χ2n) is 3.63. The van der Waals surface area contributed by atoms with Crippen LogP contribution in [0.25, 0.3) is 0 Å². The molecule has 0 spiro atoms. The number of carbonyl (C=O) groups is 1. The largest absolute Gasteiger partial charge is 0.478 e. The van der Waals surface area contributed by atoms with Crippen LogP contribution in [0.1, 0.15) is 10.4 Å². The number of pyridine rings is 1. The van der Waals surface area contributed by atoms with E-state index in [2.05, 4.69) is 10.3 Å². The van der Waals surface area contributed by atoms with Gasteiger partial charge in [0.2, 0.25) is 0 Å². The summed E-state index contributed by atoms with van der Waals surface area (Å²) >= 11 is 0. The molecule has 0 aliphatic heterocycles. The average molecular weight is 259 g/mol. The summed E-state index contributed by atoms with van der Waals surface area (Å²) in [5.41, 5.74) is 0.512.